The van der Waals surface area contributed by atoms with Gasteiger partial charge in [-0.05, 0) is 104 Å². The van der Waals surface area contributed by atoms with E-state index in [1.807, 2.05) is 24.3 Å². The summed E-state index contributed by atoms with van der Waals surface area (Å²) in [5, 5.41) is 20.9. The van der Waals surface area contributed by atoms with Gasteiger partial charge in [-0.2, -0.15) is 0 Å². The molecule has 0 saturated carbocycles. The molecule has 2 N–H and O–H groups in total. The van der Waals surface area contributed by atoms with Crippen molar-refractivity contribution in [1.82, 2.24) is 9.80 Å². The van der Waals surface area contributed by atoms with Crippen LogP contribution in [-0.4, -0.2) is 61.4 Å². The molecule has 8 heteroatoms. The first-order valence-electron chi connectivity index (χ1n) is 16.0. The molecule has 0 unspecified atom stereocenters. The Kier molecular flexibility index (Phi) is 8.38. The Morgan fingerprint density at radius 2 is 1.39 bits per heavy atom. The molecule has 46 heavy (non-hydrogen) atoms. The first-order chi connectivity index (χ1) is 22.4. The van der Waals surface area contributed by atoms with Crippen LogP contribution in [0.4, 0.5) is 0 Å². The molecule has 0 spiro atoms. The average molecular weight is 623 g/mol. The number of likely N-dealkylation sites (N-methyl/N-ethyl adjacent to an activating group) is 2. The molecule has 4 aliphatic heterocycles. The third-order valence-corrected chi connectivity index (χ3v) is 10.0. The smallest absolute Gasteiger partial charge is 0.169 e. The SMILES string of the molecule is COc1cc2c3cc1Oc1c(CO)c(OC)cc4c1[C@@H](Cc1ccc(CO)c(c1)Oc1ccc(cc1)C[C@@H]3N(C)CC2)N(C)CC4. The molecule has 240 valence electrons. The fraction of sp³-hybridized carbons (Fsp3) is 0.368. The molecule has 0 saturated heterocycles. The minimum atomic E-state index is -0.236. The Morgan fingerprint density at radius 3 is 2.11 bits per heavy atom. The van der Waals surface area contributed by atoms with E-state index in [1.54, 1.807) is 14.2 Å². The molecule has 4 aliphatic rings. The summed E-state index contributed by atoms with van der Waals surface area (Å²) in [6.45, 7) is 1.45. The van der Waals surface area contributed by atoms with Gasteiger partial charge in [-0.15, -0.1) is 0 Å². The summed E-state index contributed by atoms with van der Waals surface area (Å²) in [4.78, 5) is 4.74. The van der Waals surface area contributed by atoms with Gasteiger partial charge in [0.05, 0.1) is 33.0 Å². The van der Waals surface area contributed by atoms with Gasteiger partial charge < -0.3 is 29.2 Å². The first-order valence-corrected chi connectivity index (χ1v) is 16.0. The first kappa shape index (κ1) is 30.6. The molecule has 0 amide bonds. The van der Waals surface area contributed by atoms with Crippen LogP contribution in [0.15, 0.2) is 60.7 Å². The normalized spacial score (nSPS) is 19.3. The van der Waals surface area contributed by atoms with Crippen molar-refractivity contribution >= 4 is 0 Å². The van der Waals surface area contributed by atoms with E-state index < -0.39 is 0 Å². The zero-order valence-electron chi connectivity index (χ0n) is 27.0. The van der Waals surface area contributed by atoms with Crippen LogP contribution in [0.5, 0.6) is 34.5 Å². The summed E-state index contributed by atoms with van der Waals surface area (Å²) < 4.78 is 25.2. The summed E-state index contributed by atoms with van der Waals surface area (Å²) in [6, 6.07) is 20.7. The predicted octanol–water partition coefficient (Wildman–Crippen LogP) is 6.13. The maximum absolute atomic E-state index is 10.8. The van der Waals surface area contributed by atoms with Crippen LogP contribution in [-0.2, 0) is 38.9 Å². The Bertz CT molecular complexity index is 1750. The largest absolute Gasteiger partial charge is 0.496 e. The number of rotatable bonds is 4. The molecule has 4 aromatic rings. The molecule has 6 bridgehead atoms. The van der Waals surface area contributed by atoms with Crippen molar-refractivity contribution in [2.75, 3.05) is 41.4 Å². The van der Waals surface area contributed by atoms with E-state index in [-0.39, 0.29) is 25.3 Å². The Labute approximate surface area is 270 Å². The molecule has 8 rings (SSSR count). The Balaban J connectivity index is 1.47. The second kappa shape index (κ2) is 12.6. The fourth-order valence-corrected chi connectivity index (χ4v) is 7.36. The van der Waals surface area contributed by atoms with E-state index in [1.165, 1.54) is 16.7 Å². The molecule has 2 atom stereocenters. The summed E-state index contributed by atoms with van der Waals surface area (Å²) >= 11 is 0. The molecule has 0 radical (unpaired) electrons. The molecular weight excluding hydrogens is 580 g/mol. The van der Waals surface area contributed by atoms with Gasteiger partial charge in [0.2, 0.25) is 0 Å². The van der Waals surface area contributed by atoms with E-state index in [0.29, 0.717) is 40.7 Å². The maximum Gasteiger partial charge on any atom is 0.169 e. The highest BCUT2D eigenvalue weighted by Gasteiger charge is 2.34. The topological polar surface area (TPSA) is 83.9 Å². The van der Waals surface area contributed by atoms with Crippen LogP contribution >= 0.6 is 0 Å². The second-order valence-electron chi connectivity index (χ2n) is 12.7. The standard InChI is InChI=1S/C38H42N2O6/c1-39-13-11-25-18-35(44-4)36-20-29(25)31(39)15-23-6-9-28(10-7-23)45-33-17-24(5-8-27(33)21-41)16-32-37-26(12-14-40(32)2)19-34(43-3)30(22-42)38(37)46-36/h5-10,17-20,31-32,41-42H,11-16,21-22H2,1-4H3/t31-,32+/m0/s1. The lowest BCUT2D eigenvalue weighted by Gasteiger charge is -2.37. The Morgan fingerprint density at radius 1 is 0.717 bits per heavy atom. The molecule has 0 fully saturated rings. The van der Waals surface area contributed by atoms with Gasteiger partial charge in [0.15, 0.2) is 11.5 Å². The van der Waals surface area contributed by atoms with Gasteiger partial charge in [-0.3, -0.25) is 9.80 Å². The lowest BCUT2D eigenvalue weighted by molar-refractivity contribution is 0.219. The fourth-order valence-electron chi connectivity index (χ4n) is 7.36. The summed E-state index contributed by atoms with van der Waals surface area (Å²) in [5.74, 6) is 3.90. The number of ether oxygens (including phenoxy) is 4. The van der Waals surface area contributed by atoms with Crippen LogP contribution in [0.1, 0.15) is 56.6 Å². The van der Waals surface area contributed by atoms with Crippen LogP contribution in [0.2, 0.25) is 0 Å². The zero-order chi connectivity index (χ0) is 31.9. The van der Waals surface area contributed by atoms with E-state index in [4.69, 9.17) is 18.9 Å². The van der Waals surface area contributed by atoms with Crippen molar-refractivity contribution in [3.05, 3.63) is 105 Å². The van der Waals surface area contributed by atoms with Gasteiger partial charge in [0, 0.05) is 36.3 Å². The van der Waals surface area contributed by atoms with E-state index in [9.17, 15) is 10.2 Å². The molecule has 4 heterocycles. The minimum Gasteiger partial charge on any atom is -0.496 e. The molecule has 8 nitrogen and oxygen atoms in total. The number of nitrogens with zero attached hydrogens (tertiary/aromatic N) is 2. The van der Waals surface area contributed by atoms with E-state index >= 15 is 0 Å². The highest BCUT2D eigenvalue weighted by molar-refractivity contribution is 5.60. The van der Waals surface area contributed by atoms with Crippen LogP contribution in [0.3, 0.4) is 0 Å². The summed E-state index contributed by atoms with van der Waals surface area (Å²) in [7, 11) is 7.63. The third kappa shape index (κ3) is 5.49. The van der Waals surface area contributed by atoms with Gasteiger partial charge in [-0.1, -0.05) is 24.3 Å². The number of benzene rings is 4. The number of hydrogen-bond donors (Lipinski definition) is 2. The van der Waals surface area contributed by atoms with Gasteiger partial charge in [0.1, 0.15) is 23.0 Å². The lowest BCUT2D eigenvalue weighted by atomic mass is 9.86. The van der Waals surface area contributed by atoms with Crippen molar-refractivity contribution < 1.29 is 29.2 Å². The van der Waals surface area contributed by atoms with Crippen LogP contribution in [0, 0.1) is 0 Å². The summed E-state index contributed by atoms with van der Waals surface area (Å²) in [5.41, 5.74) is 8.26. The summed E-state index contributed by atoms with van der Waals surface area (Å²) in [6.07, 6.45) is 3.23. The zero-order valence-corrected chi connectivity index (χ0v) is 27.0. The van der Waals surface area contributed by atoms with E-state index in [0.717, 1.165) is 60.4 Å². The number of aliphatic hydroxyl groups excluding tert-OH is 2. The second-order valence-corrected chi connectivity index (χ2v) is 12.7. The van der Waals surface area contributed by atoms with Crippen molar-refractivity contribution in [1.29, 1.82) is 0 Å². The molecule has 0 aliphatic carbocycles. The number of methoxy groups -OCH3 is 2. The number of aliphatic hydroxyl groups is 2. The third-order valence-electron chi connectivity index (χ3n) is 10.0. The molecule has 0 aromatic heterocycles. The quantitative estimate of drug-likeness (QED) is 0.281. The van der Waals surface area contributed by atoms with Gasteiger partial charge in [-0.25, -0.2) is 0 Å². The van der Waals surface area contributed by atoms with Gasteiger partial charge in [0.25, 0.3) is 0 Å². The number of hydrogen-bond acceptors (Lipinski definition) is 8. The highest BCUT2D eigenvalue weighted by atomic mass is 16.5. The van der Waals surface area contributed by atoms with Crippen LogP contribution in [0.25, 0.3) is 0 Å². The molecule has 4 aromatic carbocycles. The predicted molar refractivity (Wildman–Crippen MR) is 176 cm³/mol. The lowest BCUT2D eigenvalue weighted by Crippen LogP contribution is -2.34. The Hall–Kier alpha value is -4.08. The van der Waals surface area contributed by atoms with Crippen molar-refractivity contribution in [3.8, 4) is 34.5 Å². The monoisotopic (exact) mass is 622 g/mol. The minimum absolute atomic E-state index is 0.0524. The van der Waals surface area contributed by atoms with Crippen molar-refractivity contribution in [3.63, 3.8) is 0 Å². The molecular formula is C38H42N2O6. The maximum atomic E-state index is 10.8. The number of fused-ring (bicyclic) bond motifs is 2. The van der Waals surface area contributed by atoms with Crippen LogP contribution < -0.4 is 18.9 Å². The highest BCUT2D eigenvalue weighted by Crippen LogP contribution is 2.48. The average Bonchev–Trinajstić information content (AvgIpc) is 3.07. The van der Waals surface area contributed by atoms with Gasteiger partial charge >= 0.3 is 0 Å². The van der Waals surface area contributed by atoms with Crippen molar-refractivity contribution in [2.45, 2.75) is 51.0 Å². The van der Waals surface area contributed by atoms with E-state index in [2.05, 4.69) is 60.3 Å². The van der Waals surface area contributed by atoms with Crippen molar-refractivity contribution in [2.24, 2.45) is 0 Å².